The van der Waals surface area contributed by atoms with Gasteiger partial charge in [0.1, 0.15) is 0 Å². The topological polar surface area (TPSA) is 73.3 Å². The molecular weight excluding hydrogens is 306 g/mol. The average molecular weight is 333 g/mol. The molecule has 22 heavy (non-hydrogen) atoms. The molecule has 0 radical (unpaired) electrons. The van der Waals surface area contributed by atoms with Crippen LogP contribution in [-0.2, 0) is 14.9 Å². The SMILES string of the molecule is O=S(=O)(N1CCCC1)N1CC[C@H](O)[C@@H](N2CCOCC2)CC1. The molecule has 0 aromatic carbocycles. The second-order valence-corrected chi connectivity index (χ2v) is 8.30. The van der Waals surface area contributed by atoms with E-state index >= 15 is 0 Å². The lowest BCUT2D eigenvalue weighted by Gasteiger charge is -2.36. The van der Waals surface area contributed by atoms with Gasteiger partial charge in [-0.1, -0.05) is 0 Å². The van der Waals surface area contributed by atoms with Crippen LogP contribution in [0.25, 0.3) is 0 Å². The summed E-state index contributed by atoms with van der Waals surface area (Å²) >= 11 is 0. The lowest BCUT2D eigenvalue weighted by atomic mass is 10.0. The predicted molar refractivity (Wildman–Crippen MR) is 82.7 cm³/mol. The van der Waals surface area contributed by atoms with Crippen molar-refractivity contribution in [3.63, 3.8) is 0 Å². The van der Waals surface area contributed by atoms with E-state index in [2.05, 4.69) is 4.90 Å². The van der Waals surface area contributed by atoms with E-state index in [0.29, 0.717) is 52.2 Å². The fourth-order valence-electron chi connectivity index (χ4n) is 3.70. The summed E-state index contributed by atoms with van der Waals surface area (Å²) in [6.45, 7) is 5.21. The minimum Gasteiger partial charge on any atom is -0.391 e. The van der Waals surface area contributed by atoms with Gasteiger partial charge in [-0.2, -0.15) is 17.0 Å². The van der Waals surface area contributed by atoms with Crippen LogP contribution in [0.5, 0.6) is 0 Å². The molecule has 0 spiro atoms. The smallest absolute Gasteiger partial charge is 0.281 e. The Morgan fingerprint density at radius 3 is 2.14 bits per heavy atom. The Morgan fingerprint density at radius 1 is 0.864 bits per heavy atom. The average Bonchev–Trinajstić information content (AvgIpc) is 2.99. The summed E-state index contributed by atoms with van der Waals surface area (Å²) in [4.78, 5) is 2.25. The summed E-state index contributed by atoms with van der Waals surface area (Å²) in [7, 11) is -3.35. The van der Waals surface area contributed by atoms with Crippen molar-refractivity contribution in [2.24, 2.45) is 0 Å². The van der Waals surface area contributed by atoms with Crippen LogP contribution >= 0.6 is 0 Å². The zero-order valence-corrected chi connectivity index (χ0v) is 13.9. The minimum atomic E-state index is -3.35. The fourth-order valence-corrected chi connectivity index (χ4v) is 5.42. The second-order valence-electron chi connectivity index (χ2n) is 6.37. The number of aliphatic hydroxyl groups is 1. The zero-order valence-electron chi connectivity index (χ0n) is 13.1. The van der Waals surface area contributed by atoms with E-state index in [-0.39, 0.29) is 6.04 Å². The van der Waals surface area contributed by atoms with Crippen LogP contribution in [0.15, 0.2) is 0 Å². The Labute approximate surface area is 133 Å². The van der Waals surface area contributed by atoms with Gasteiger partial charge in [0.05, 0.1) is 19.3 Å². The predicted octanol–water partition coefficient (Wildman–Crippen LogP) is -0.515. The molecule has 3 saturated heterocycles. The van der Waals surface area contributed by atoms with Crippen molar-refractivity contribution in [2.45, 2.75) is 37.8 Å². The first kappa shape index (κ1) is 16.6. The molecule has 3 heterocycles. The molecular formula is C14H27N3O4S. The number of ether oxygens (including phenoxy) is 1. The Hall–Kier alpha value is -0.250. The van der Waals surface area contributed by atoms with Gasteiger partial charge in [0.15, 0.2) is 0 Å². The molecule has 128 valence electrons. The Kier molecular flexibility index (Phi) is 5.36. The van der Waals surface area contributed by atoms with Crippen molar-refractivity contribution in [3.05, 3.63) is 0 Å². The maximum Gasteiger partial charge on any atom is 0.281 e. The highest BCUT2D eigenvalue weighted by Gasteiger charge is 2.37. The van der Waals surface area contributed by atoms with Crippen molar-refractivity contribution in [3.8, 4) is 0 Å². The van der Waals surface area contributed by atoms with Gasteiger partial charge in [-0.3, -0.25) is 4.90 Å². The molecule has 0 aromatic rings. The Balaban J connectivity index is 1.65. The lowest BCUT2D eigenvalue weighted by molar-refractivity contribution is -0.0222. The number of hydrogen-bond donors (Lipinski definition) is 1. The normalized spacial score (nSPS) is 33.9. The van der Waals surface area contributed by atoms with Crippen LogP contribution in [0.3, 0.4) is 0 Å². The highest BCUT2D eigenvalue weighted by molar-refractivity contribution is 7.86. The van der Waals surface area contributed by atoms with Crippen molar-refractivity contribution in [2.75, 3.05) is 52.5 Å². The summed E-state index contributed by atoms with van der Waals surface area (Å²) in [6, 6.07) is 0.0441. The largest absolute Gasteiger partial charge is 0.391 e. The van der Waals surface area contributed by atoms with Crippen LogP contribution in [0.2, 0.25) is 0 Å². The molecule has 0 amide bonds. The van der Waals surface area contributed by atoms with Gasteiger partial charge >= 0.3 is 0 Å². The van der Waals surface area contributed by atoms with Gasteiger partial charge in [-0.05, 0) is 25.7 Å². The molecule has 3 aliphatic heterocycles. The maximum absolute atomic E-state index is 12.7. The van der Waals surface area contributed by atoms with E-state index < -0.39 is 16.3 Å². The third kappa shape index (κ3) is 3.47. The summed E-state index contributed by atoms with van der Waals surface area (Å²) in [5, 5.41) is 10.4. The molecule has 0 unspecified atom stereocenters. The van der Waals surface area contributed by atoms with Crippen LogP contribution in [0.4, 0.5) is 0 Å². The van der Waals surface area contributed by atoms with Crippen LogP contribution in [-0.4, -0.2) is 91.7 Å². The summed E-state index contributed by atoms with van der Waals surface area (Å²) in [5.74, 6) is 0. The first-order valence-electron chi connectivity index (χ1n) is 8.34. The quantitative estimate of drug-likeness (QED) is 0.753. The van der Waals surface area contributed by atoms with Gasteiger partial charge in [-0.25, -0.2) is 0 Å². The lowest BCUT2D eigenvalue weighted by Crippen LogP contribution is -2.49. The molecule has 3 aliphatic rings. The van der Waals surface area contributed by atoms with Gasteiger partial charge in [-0.15, -0.1) is 0 Å². The molecule has 0 aliphatic carbocycles. The van der Waals surface area contributed by atoms with Crippen LogP contribution < -0.4 is 0 Å². The van der Waals surface area contributed by atoms with E-state index in [0.717, 1.165) is 25.9 Å². The third-order valence-corrected chi connectivity index (χ3v) is 7.06. The van der Waals surface area contributed by atoms with E-state index in [9.17, 15) is 13.5 Å². The highest BCUT2D eigenvalue weighted by Crippen LogP contribution is 2.23. The Morgan fingerprint density at radius 2 is 1.45 bits per heavy atom. The summed E-state index contributed by atoms with van der Waals surface area (Å²) < 4.78 is 33.9. The number of nitrogens with zero attached hydrogens (tertiary/aromatic N) is 3. The van der Waals surface area contributed by atoms with E-state index in [1.807, 2.05) is 0 Å². The number of morpholine rings is 1. The molecule has 2 atom stereocenters. The van der Waals surface area contributed by atoms with Crippen LogP contribution in [0.1, 0.15) is 25.7 Å². The van der Waals surface area contributed by atoms with Crippen molar-refractivity contribution in [1.82, 2.24) is 13.5 Å². The molecule has 0 bridgehead atoms. The molecule has 3 fully saturated rings. The fraction of sp³-hybridized carbons (Fsp3) is 1.00. The Bertz CT molecular complexity index is 461. The second kappa shape index (κ2) is 7.11. The maximum atomic E-state index is 12.7. The first-order chi connectivity index (χ1) is 10.6. The minimum absolute atomic E-state index is 0.0441. The van der Waals surface area contributed by atoms with Crippen molar-refractivity contribution < 1.29 is 18.3 Å². The summed E-state index contributed by atoms with van der Waals surface area (Å²) in [5.41, 5.74) is 0. The van der Waals surface area contributed by atoms with Gasteiger partial charge in [0.25, 0.3) is 10.2 Å². The molecule has 3 rings (SSSR count). The third-order valence-electron chi connectivity index (χ3n) is 5.02. The zero-order chi connectivity index (χ0) is 15.6. The molecule has 0 saturated carbocycles. The van der Waals surface area contributed by atoms with E-state index in [1.54, 1.807) is 8.61 Å². The number of hydrogen-bond acceptors (Lipinski definition) is 5. The molecule has 0 aromatic heterocycles. The summed E-state index contributed by atoms with van der Waals surface area (Å²) in [6.07, 6.45) is 2.64. The van der Waals surface area contributed by atoms with Gasteiger partial charge in [0, 0.05) is 45.3 Å². The van der Waals surface area contributed by atoms with Crippen LogP contribution in [0, 0.1) is 0 Å². The number of rotatable bonds is 3. The van der Waals surface area contributed by atoms with Gasteiger partial charge in [0.2, 0.25) is 0 Å². The van der Waals surface area contributed by atoms with E-state index in [1.165, 1.54) is 0 Å². The highest BCUT2D eigenvalue weighted by atomic mass is 32.2. The number of aliphatic hydroxyl groups excluding tert-OH is 1. The van der Waals surface area contributed by atoms with Crippen molar-refractivity contribution >= 4 is 10.2 Å². The molecule has 1 N–H and O–H groups in total. The molecule has 7 nitrogen and oxygen atoms in total. The van der Waals surface area contributed by atoms with Crippen molar-refractivity contribution in [1.29, 1.82) is 0 Å². The molecule has 8 heteroatoms. The van der Waals surface area contributed by atoms with E-state index in [4.69, 9.17) is 4.74 Å². The monoisotopic (exact) mass is 333 g/mol. The first-order valence-corrected chi connectivity index (χ1v) is 9.74. The van der Waals surface area contributed by atoms with Gasteiger partial charge < -0.3 is 9.84 Å². The standard InChI is InChI=1S/C14H27N3O4S/c18-14-4-8-17(22(19,20)16-5-1-2-6-16)7-3-13(14)15-9-11-21-12-10-15/h13-14,18H,1-12H2/t13-,14-/m0/s1.